The molecule has 0 aliphatic rings. The van der Waals surface area contributed by atoms with Crippen LogP contribution < -0.4 is 0 Å². The minimum absolute atomic E-state index is 0.449. The van der Waals surface area contributed by atoms with Gasteiger partial charge in [0, 0.05) is 12.4 Å². The third-order valence-corrected chi connectivity index (χ3v) is 2.71. The van der Waals surface area contributed by atoms with Gasteiger partial charge in [0.2, 0.25) is 0 Å². The first-order chi connectivity index (χ1) is 8.29. The van der Waals surface area contributed by atoms with Crippen LogP contribution in [0.2, 0.25) is 5.02 Å². The average Bonchev–Trinajstić information content (AvgIpc) is 2.56. The standard InChI is InChI=1S/C13H15ClN2O2/c1-8-7-16(12(17)18-13(2,3)4)11-9(14)5-6-15-10(8)11/h5-7H,1-4H3. The largest absolute Gasteiger partial charge is 0.443 e. The molecule has 0 saturated carbocycles. The zero-order valence-electron chi connectivity index (χ0n) is 10.8. The molecule has 2 rings (SSSR count). The Hall–Kier alpha value is -1.55. The Kier molecular flexibility index (Phi) is 3.07. The van der Waals surface area contributed by atoms with E-state index in [1.54, 1.807) is 18.5 Å². The number of hydrogen-bond acceptors (Lipinski definition) is 3. The summed E-state index contributed by atoms with van der Waals surface area (Å²) < 4.78 is 6.75. The molecule has 0 fully saturated rings. The quantitative estimate of drug-likeness (QED) is 0.729. The van der Waals surface area contributed by atoms with E-state index in [-0.39, 0.29) is 0 Å². The maximum atomic E-state index is 12.1. The van der Waals surface area contributed by atoms with Gasteiger partial charge < -0.3 is 4.74 Å². The Morgan fingerprint density at radius 3 is 2.72 bits per heavy atom. The first kappa shape index (κ1) is 12.9. The molecule has 0 radical (unpaired) electrons. The molecule has 0 N–H and O–H groups in total. The molecule has 0 unspecified atom stereocenters. The summed E-state index contributed by atoms with van der Waals surface area (Å²) in [5, 5.41) is 0.485. The maximum absolute atomic E-state index is 12.1. The SMILES string of the molecule is Cc1cn(C(=O)OC(C)(C)C)c2c(Cl)ccnc12. The summed E-state index contributed by atoms with van der Waals surface area (Å²) in [7, 11) is 0. The molecule has 0 atom stereocenters. The summed E-state index contributed by atoms with van der Waals surface area (Å²) in [6.45, 7) is 7.35. The molecule has 2 heterocycles. The number of hydrogen-bond donors (Lipinski definition) is 0. The fourth-order valence-corrected chi connectivity index (χ4v) is 1.96. The van der Waals surface area contributed by atoms with E-state index in [2.05, 4.69) is 4.98 Å². The lowest BCUT2D eigenvalue weighted by Crippen LogP contribution is -2.26. The van der Waals surface area contributed by atoms with E-state index >= 15 is 0 Å². The van der Waals surface area contributed by atoms with Crippen LogP contribution >= 0.6 is 11.6 Å². The van der Waals surface area contributed by atoms with Crippen molar-refractivity contribution in [3.05, 3.63) is 29.0 Å². The molecule has 0 spiro atoms. The highest BCUT2D eigenvalue weighted by Crippen LogP contribution is 2.26. The third kappa shape index (κ3) is 2.34. The minimum Gasteiger partial charge on any atom is -0.443 e. The van der Waals surface area contributed by atoms with Crippen LogP contribution in [-0.2, 0) is 4.74 Å². The summed E-state index contributed by atoms with van der Waals surface area (Å²) in [4.78, 5) is 16.3. The second kappa shape index (κ2) is 4.28. The van der Waals surface area contributed by atoms with Crippen molar-refractivity contribution >= 4 is 28.7 Å². The molecular formula is C13H15ClN2O2. The Morgan fingerprint density at radius 2 is 2.11 bits per heavy atom. The van der Waals surface area contributed by atoms with Gasteiger partial charge in [-0.05, 0) is 39.3 Å². The molecular weight excluding hydrogens is 252 g/mol. The number of pyridine rings is 1. The Balaban J connectivity index is 2.55. The number of aryl methyl sites for hydroxylation is 1. The normalized spacial score (nSPS) is 11.8. The molecule has 2 aromatic heterocycles. The lowest BCUT2D eigenvalue weighted by molar-refractivity contribution is 0.0544. The molecule has 0 aliphatic heterocycles. The fourth-order valence-electron chi connectivity index (χ4n) is 1.72. The lowest BCUT2D eigenvalue weighted by Gasteiger charge is -2.19. The topological polar surface area (TPSA) is 44.1 Å². The van der Waals surface area contributed by atoms with Crippen molar-refractivity contribution in [2.45, 2.75) is 33.3 Å². The molecule has 0 saturated heterocycles. The van der Waals surface area contributed by atoms with Crippen molar-refractivity contribution in [2.24, 2.45) is 0 Å². The number of carbonyl (C=O) groups is 1. The van der Waals surface area contributed by atoms with Gasteiger partial charge in [-0.2, -0.15) is 0 Å². The van der Waals surface area contributed by atoms with Crippen molar-refractivity contribution in [3.8, 4) is 0 Å². The van der Waals surface area contributed by atoms with Gasteiger partial charge in [0.25, 0.3) is 0 Å². The highest BCUT2D eigenvalue weighted by molar-refractivity contribution is 6.35. The second-order valence-corrected chi connectivity index (χ2v) is 5.56. The number of ether oxygens (including phenoxy) is 1. The monoisotopic (exact) mass is 266 g/mol. The number of aromatic nitrogens is 2. The molecule has 0 bridgehead atoms. The minimum atomic E-state index is -0.545. The van der Waals surface area contributed by atoms with Crippen LogP contribution in [0.25, 0.3) is 11.0 Å². The Bertz CT molecular complexity index is 611. The summed E-state index contributed by atoms with van der Waals surface area (Å²) in [6, 6.07) is 1.66. The predicted molar refractivity (Wildman–Crippen MR) is 71.1 cm³/mol. The number of fused-ring (bicyclic) bond motifs is 1. The maximum Gasteiger partial charge on any atom is 0.419 e. The highest BCUT2D eigenvalue weighted by atomic mass is 35.5. The molecule has 5 heteroatoms. The highest BCUT2D eigenvalue weighted by Gasteiger charge is 2.21. The zero-order chi connectivity index (χ0) is 13.5. The van der Waals surface area contributed by atoms with Gasteiger partial charge in [-0.25, -0.2) is 9.36 Å². The smallest absolute Gasteiger partial charge is 0.419 e. The Labute approximate surface area is 111 Å². The number of halogens is 1. The van der Waals surface area contributed by atoms with Crippen molar-refractivity contribution in [3.63, 3.8) is 0 Å². The lowest BCUT2D eigenvalue weighted by atomic mass is 10.2. The number of carbonyl (C=O) groups excluding carboxylic acids is 1. The van der Waals surface area contributed by atoms with Gasteiger partial charge in [-0.15, -0.1) is 0 Å². The fraction of sp³-hybridized carbons (Fsp3) is 0.385. The van der Waals surface area contributed by atoms with Crippen LogP contribution in [-0.4, -0.2) is 21.2 Å². The number of rotatable bonds is 0. The molecule has 2 aromatic rings. The third-order valence-electron chi connectivity index (χ3n) is 2.40. The molecule has 96 valence electrons. The number of nitrogens with zero attached hydrogens (tertiary/aromatic N) is 2. The van der Waals surface area contributed by atoms with E-state index in [4.69, 9.17) is 16.3 Å². The van der Waals surface area contributed by atoms with Crippen LogP contribution in [0.5, 0.6) is 0 Å². The molecule has 0 aromatic carbocycles. The van der Waals surface area contributed by atoms with E-state index < -0.39 is 11.7 Å². The first-order valence-corrected chi connectivity index (χ1v) is 6.03. The van der Waals surface area contributed by atoms with Crippen LogP contribution in [0.3, 0.4) is 0 Å². The van der Waals surface area contributed by atoms with Crippen LogP contribution in [0.1, 0.15) is 26.3 Å². The molecule has 0 amide bonds. The second-order valence-electron chi connectivity index (χ2n) is 5.15. The molecule has 18 heavy (non-hydrogen) atoms. The molecule has 4 nitrogen and oxygen atoms in total. The van der Waals surface area contributed by atoms with Gasteiger partial charge in [0.15, 0.2) is 0 Å². The average molecular weight is 267 g/mol. The van der Waals surface area contributed by atoms with Gasteiger partial charge in [0.1, 0.15) is 5.60 Å². The van der Waals surface area contributed by atoms with Crippen LogP contribution in [0.15, 0.2) is 18.5 Å². The Morgan fingerprint density at radius 1 is 1.44 bits per heavy atom. The van der Waals surface area contributed by atoms with E-state index in [9.17, 15) is 4.79 Å². The van der Waals surface area contributed by atoms with Crippen LogP contribution in [0, 0.1) is 6.92 Å². The summed E-state index contributed by atoms with van der Waals surface area (Å²) >= 11 is 6.12. The van der Waals surface area contributed by atoms with Crippen molar-refractivity contribution in [1.29, 1.82) is 0 Å². The van der Waals surface area contributed by atoms with Crippen LogP contribution in [0.4, 0.5) is 4.79 Å². The van der Waals surface area contributed by atoms with Gasteiger partial charge >= 0.3 is 6.09 Å². The summed E-state index contributed by atoms with van der Waals surface area (Å²) in [5.41, 5.74) is 1.65. The van der Waals surface area contributed by atoms with E-state index in [1.165, 1.54) is 4.57 Å². The van der Waals surface area contributed by atoms with Crippen molar-refractivity contribution in [2.75, 3.05) is 0 Å². The van der Waals surface area contributed by atoms with E-state index in [0.29, 0.717) is 16.1 Å². The summed E-state index contributed by atoms with van der Waals surface area (Å²) in [6.07, 6.45) is 2.87. The first-order valence-electron chi connectivity index (χ1n) is 5.65. The van der Waals surface area contributed by atoms with E-state index in [0.717, 1.165) is 5.56 Å². The van der Waals surface area contributed by atoms with Gasteiger partial charge in [-0.1, -0.05) is 11.6 Å². The van der Waals surface area contributed by atoms with Crippen molar-refractivity contribution < 1.29 is 9.53 Å². The zero-order valence-corrected chi connectivity index (χ0v) is 11.6. The van der Waals surface area contributed by atoms with Gasteiger partial charge in [0.05, 0.1) is 16.1 Å². The van der Waals surface area contributed by atoms with Gasteiger partial charge in [-0.3, -0.25) is 4.98 Å². The summed E-state index contributed by atoms with van der Waals surface area (Å²) in [5.74, 6) is 0. The van der Waals surface area contributed by atoms with Crippen molar-refractivity contribution in [1.82, 2.24) is 9.55 Å². The molecule has 0 aliphatic carbocycles. The predicted octanol–water partition coefficient (Wildman–Crippen LogP) is 3.78. The van der Waals surface area contributed by atoms with E-state index in [1.807, 2.05) is 27.7 Å².